The summed E-state index contributed by atoms with van der Waals surface area (Å²) in [5.41, 5.74) is 2.48. The number of ether oxygens (including phenoxy) is 1. The van der Waals surface area contributed by atoms with Crippen molar-refractivity contribution < 1.29 is 25.2 Å². The van der Waals surface area contributed by atoms with Crippen LogP contribution >= 0.6 is 34.4 Å². The van der Waals surface area contributed by atoms with Gasteiger partial charge in [-0.15, -0.1) is 22.0 Å². The van der Waals surface area contributed by atoms with Gasteiger partial charge in [-0.2, -0.15) is 22.7 Å². The van der Waals surface area contributed by atoms with Crippen LogP contribution in [-0.4, -0.2) is 92.1 Å². The Bertz CT molecular complexity index is 1310. The molecule has 1 aliphatic heterocycles. The van der Waals surface area contributed by atoms with Crippen molar-refractivity contribution in [1.29, 1.82) is 0 Å². The van der Waals surface area contributed by atoms with Gasteiger partial charge in [0.25, 0.3) is 0 Å². The predicted molar refractivity (Wildman–Crippen MR) is 144 cm³/mol. The number of aromatic nitrogens is 6. The van der Waals surface area contributed by atoms with Crippen molar-refractivity contribution in [3.63, 3.8) is 0 Å². The number of aliphatic hydroxyl groups excluding tert-OH is 4. The first-order chi connectivity index (χ1) is 18.5. The summed E-state index contributed by atoms with van der Waals surface area (Å²) in [5.74, 6) is 0. The van der Waals surface area contributed by atoms with E-state index in [4.69, 9.17) is 4.74 Å². The Labute approximate surface area is 230 Å². The summed E-state index contributed by atoms with van der Waals surface area (Å²) in [6, 6.07) is 2.76. The monoisotopic (exact) mass is 576 g/mol. The molecule has 11 nitrogen and oxygen atoms in total. The van der Waals surface area contributed by atoms with E-state index in [1.807, 2.05) is 39.8 Å². The van der Waals surface area contributed by atoms with Crippen LogP contribution in [0.5, 0.6) is 0 Å². The number of thiophene rings is 2. The summed E-state index contributed by atoms with van der Waals surface area (Å²) in [4.78, 5) is 0. The zero-order valence-electron chi connectivity index (χ0n) is 20.2. The van der Waals surface area contributed by atoms with Crippen LogP contribution < -0.4 is 0 Å². The molecular weight excluding hydrogens is 549 g/mol. The van der Waals surface area contributed by atoms with Gasteiger partial charge >= 0.3 is 0 Å². The highest BCUT2D eigenvalue weighted by atomic mass is 32.2. The van der Waals surface area contributed by atoms with E-state index in [0.29, 0.717) is 5.69 Å². The van der Waals surface area contributed by atoms with E-state index in [1.54, 1.807) is 22.2 Å². The molecule has 1 saturated carbocycles. The predicted octanol–water partition coefficient (Wildman–Crippen LogP) is 2.19. The van der Waals surface area contributed by atoms with Crippen molar-refractivity contribution in [3.8, 4) is 22.5 Å². The Kier molecular flexibility index (Phi) is 7.64. The van der Waals surface area contributed by atoms with Gasteiger partial charge in [0.05, 0.1) is 31.1 Å². The maximum atomic E-state index is 11.3. The van der Waals surface area contributed by atoms with Gasteiger partial charge in [-0.05, 0) is 35.7 Å². The molecule has 14 heteroatoms. The number of rotatable bonds is 7. The van der Waals surface area contributed by atoms with E-state index in [2.05, 4.69) is 20.6 Å². The molecule has 4 aromatic heterocycles. The first kappa shape index (κ1) is 26.1. The Morgan fingerprint density at radius 3 is 2.18 bits per heavy atom. The second kappa shape index (κ2) is 11.1. The van der Waals surface area contributed by atoms with Gasteiger partial charge in [-0.1, -0.05) is 16.8 Å². The van der Waals surface area contributed by atoms with E-state index in [9.17, 15) is 20.4 Å². The fourth-order valence-electron chi connectivity index (χ4n) is 5.17. The van der Waals surface area contributed by atoms with Crippen LogP contribution in [0.2, 0.25) is 0 Å². The molecule has 8 atom stereocenters. The minimum Gasteiger partial charge on any atom is -0.394 e. The zero-order chi connectivity index (χ0) is 26.2. The third kappa shape index (κ3) is 4.95. The van der Waals surface area contributed by atoms with Crippen molar-refractivity contribution in [2.45, 2.75) is 66.4 Å². The molecule has 0 spiro atoms. The Hall–Kier alpha value is -2.17. The molecule has 202 valence electrons. The summed E-state index contributed by atoms with van der Waals surface area (Å²) in [7, 11) is 0. The van der Waals surface area contributed by atoms with E-state index in [1.165, 1.54) is 27.8 Å². The first-order valence-electron chi connectivity index (χ1n) is 12.4. The van der Waals surface area contributed by atoms with Gasteiger partial charge in [0.1, 0.15) is 41.2 Å². The molecule has 0 aromatic carbocycles. The van der Waals surface area contributed by atoms with Crippen molar-refractivity contribution >= 4 is 34.4 Å². The van der Waals surface area contributed by atoms with Crippen molar-refractivity contribution in [2.24, 2.45) is 0 Å². The highest BCUT2D eigenvalue weighted by Gasteiger charge is 2.48. The van der Waals surface area contributed by atoms with Crippen LogP contribution in [0, 0.1) is 0 Å². The first-order valence-corrected chi connectivity index (χ1v) is 15.2. The summed E-state index contributed by atoms with van der Waals surface area (Å²) in [6.07, 6.45) is 1.86. The molecule has 0 radical (unpaired) electrons. The second-order valence-corrected chi connectivity index (χ2v) is 12.5. The van der Waals surface area contributed by atoms with E-state index >= 15 is 0 Å². The van der Waals surface area contributed by atoms with Gasteiger partial charge in [0, 0.05) is 27.1 Å². The lowest BCUT2D eigenvalue weighted by Gasteiger charge is -2.44. The average Bonchev–Trinajstić information content (AvgIpc) is 3.74. The highest BCUT2D eigenvalue weighted by Crippen LogP contribution is 2.42. The fourth-order valence-corrected chi connectivity index (χ4v) is 7.98. The van der Waals surface area contributed by atoms with Crippen LogP contribution in [0.15, 0.2) is 46.0 Å². The summed E-state index contributed by atoms with van der Waals surface area (Å²) in [5, 5.41) is 68.1. The summed E-state index contributed by atoms with van der Waals surface area (Å²) < 4.78 is 9.12. The zero-order valence-corrected chi connectivity index (χ0v) is 22.6. The molecule has 38 heavy (non-hydrogen) atoms. The quantitative estimate of drug-likeness (QED) is 0.258. The SMILES string of the molecule is OC[C@H]1O[C@@H](S[C@@H]2CCC[C@H](n3cc(-c4ccsc4)nn3)[C@@H]2O)[C@H](O)[C@H](n2cc(-c3ccsc3)nn2)[C@H]1O. The smallest absolute Gasteiger partial charge is 0.132 e. The summed E-state index contributed by atoms with van der Waals surface area (Å²) >= 11 is 4.45. The molecule has 0 unspecified atom stereocenters. The number of aliphatic hydroxyl groups is 4. The highest BCUT2D eigenvalue weighted by molar-refractivity contribution is 8.00. The van der Waals surface area contributed by atoms with Crippen LogP contribution in [0.4, 0.5) is 0 Å². The van der Waals surface area contributed by atoms with Gasteiger partial charge in [-0.25, -0.2) is 9.36 Å². The molecule has 0 amide bonds. The molecule has 2 aliphatic rings. The minimum atomic E-state index is -1.20. The van der Waals surface area contributed by atoms with Gasteiger partial charge in [0.15, 0.2) is 0 Å². The number of nitrogens with zero attached hydrogens (tertiary/aromatic N) is 6. The number of thioether (sulfide) groups is 1. The molecule has 1 aliphatic carbocycles. The third-order valence-corrected chi connectivity index (χ3v) is 10.1. The Morgan fingerprint density at radius 1 is 0.895 bits per heavy atom. The number of hydrogen-bond donors (Lipinski definition) is 4. The van der Waals surface area contributed by atoms with Crippen molar-refractivity contribution in [1.82, 2.24) is 30.0 Å². The van der Waals surface area contributed by atoms with Crippen LogP contribution in [-0.2, 0) is 4.74 Å². The number of hydrogen-bond acceptors (Lipinski definition) is 12. The van der Waals surface area contributed by atoms with E-state index in [0.717, 1.165) is 36.1 Å². The largest absolute Gasteiger partial charge is 0.394 e. The van der Waals surface area contributed by atoms with Crippen molar-refractivity contribution in [3.05, 3.63) is 46.0 Å². The lowest BCUT2D eigenvalue weighted by atomic mass is 9.92. The molecule has 4 N–H and O–H groups in total. The molecule has 1 saturated heterocycles. The molecular formula is C24H28N6O5S3. The molecule has 6 rings (SSSR count). The molecule has 2 fully saturated rings. The standard InChI is InChI=1S/C24H28N6O5S3/c31-10-18-22(33)20(30-9-16(26-28-30)14-5-7-37-12-14)23(34)24(35-18)38-19-3-1-2-17(21(19)32)29-8-15(25-27-29)13-4-6-36-11-13/h4-9,11-12,17-24,31-34H,1-3,10H2/t17-,18+,19+,20+,21-,22-,23+,24-/m0/s1. The molecule has 5 heterocycles. The molecule has 0 bridgehead atoms. The van der Waals surface area contributed by atoms with Crippen LogP contribution in [0.1, 0.15) is 31.3 Å². The normalized spacial score (nSPS) is 32.0. The Morgan fingerprint density at radius 2 is 1.55 bits per heavy atom. The van der Waals surface area contributed by atoms with E-state index in [-0.39, 0.29) is 11.3 Å². The lowest BCUT2D eigenvalue weighted by molar-refractivity contribution is -0.178. The van der Waals surface area contributed by atoms with Gasteiger partial charge < -0.3 is 25.2 Å². The minimum absolute atomic E-state index is 0.255. The van der Waals surface area contributed by atoms with Crippen LogP contribution in [0.3, 0.4) is 0 Å². The average molecular weight is 577 g/mol. The van der Waals surface area contributed by atoms with Gasteiger partial charge in [-0.3, -0.25) is 0 Å². The van der Waals surface area contributed by atoms with Gasteiger partial charge in [0.2, 0.25) is 0 Å². The summed E-state index contributed by atoms with van der Waals surface area (Å²) in [6.45, 7) is -0.423. The van der Waals surface area contributed by atoms with E-state index < -0.39 is 42.5 Å². The lowest BCUT2D eigenvalue weighted by Crippen LogP contribution is -2.55. The van der Waals surface area contributed by atoms with Crippen LogP contribution in [0.25, 0.3) is 22.5 Å². The maximum absolute atomic E-state index is 11.3. The fraction of sp³-hybridized carbons (Fsp3) is 0.500. The Balaban J connectivity index is 1.19. The maximum Gasteiger partial charge on any atom is 0.132 e. The van der Waals surface area contributed by atoms with Crippen molar-refractivity contribution in [2.75, 3.05) is 6.61 Å². The molecule has 4 aromatic rings. The third-order valence-electron chi connectivity index (χ3n) is 7.22. The second-order valence-electron chi connectivity index (χ2n) is 9.55. The topological polar surface area (TPSA) is 152 Å².